The summed E-state index contributed by atoms with van der Waals surface area (Å²) < 4.78 is 15.8. The third-order valence-corrected chi connectivity index (χ3v) is 4.24. The fourth-order valence-electron chi connectivity index (χ4n) is 2.73. The largest absolute Gasteiger partial charge is 0.454 e. The molecule has 6 heteroatoms. The second-order valence-corrected chi connectivity index (χ2v) is 5.99. The number of carbonyl (C=O) groups excluding carboxylic acids is 2. The van der Waals surface area contributed by atoms with E-state index in [0.29, 0.717) is 30.2 Å². The number of nitrogens with zero attached hydrogens (tertiary/aromatic N) is 1. The number of aryl methyl sites for hydroxylation is 1. The van der Waals surface area contributed by atoms with Crippen LogP contribution in [0, 0.1) is 6.92 Å². The van der Waals surface area contributed by atoms with Crippen LogP contribution in [0.1, 0.15) is 28.4 Å². The van der Waals surface area contributed by atoms with Crippen LogP contribution in [0.4, 0.5) is 0 Å². The molecule has 0 saturated carbocycles. The second kappa shape index (κ2) is 7.91. The fourth-order valence-corrected chi connectivity index (χ4v) is 2.73. The van der Waals surface area contributed by atoms with Crippen LogP contribution >= 0.6 is 0 Å². The molecule has 0 aliphatic carbocycles. The summed E-state index contributed by atoms with van der Waals surface area (Å²) in [7, 11) is 0. The molecule has 1 heterocycles. The molecule has 0 unspecified atom stereocenters. The molecule has 2 aromatic rings. The van der Waals surface area contributed by atoms with Crippen LogP contribution < -0.4 is 9.47 Å². The smallest absolute Gasteiger partial charge is 0.338 e. The summed E-state index contributed by atoms with van der Waals surface area (Å²) in [6.45, 7) is 4.56. The summed E-state index contributed by atoms with van der Waals surface area (Å²) in [5.74, 6) is 0.648. The molecule has 1 aliphatic heterocycles. The predicted molar refractivity (Wildman–Crippen MR) is 95.1 cm³/mol. The van der Waals surface area contributed by atoms with Crippen molar-refractivity contribution in [2.24, 2.45) is 0 Å². The SMILES string of the molecule is CCN(Cc1ccc2c(c1)OCO2)C(=O)COC(=O)c1ccccc1C. The summed E-state index contributed by atoms with van der Waals surface area (Å²) in [5, 5.41) is 0. The molecular formula is C20H21NO5. The Balaban J connectivity index is 1.59. The highest BCUT2D eigenvalue weighted by Gasteiger charge is 2.18. The van der Waals surface area contributed by atoms with Crippen LogP contribution in [-0.4, -0.2) is 36.7 Å². The fraction of sp³-hybridized carbons (Fsp3) is 0.300. The van der Waals surface area contributed by atoms with Crippen molar-refractivity contribution in [1.82, 2.24) is 4.90 Å². The van der Waals surface area contributed by atoms with Crippen LogP contribution in [0.5, 0.6) is 11.5 Å². The van der Waals surface area contributed by atoms with Gasteiger partial charge in [-0.1, -0.05) is 24.3 Å². The number of likely N-dealkylation sites (N-methyl/N-ethyl adjacent to an activating group) is 1. The Morgan fingerprint density at radius 2 is 1.88 bits per heavy atom. The molecule has 3 rings (SSSR count). The molecule has 0 bridgehead atoms. The topological polar surface area (TPSA) is 65.1 Å². The van der Waals surface area contributed by atoms with Crippen LogP contribution in [-0.2, 0) is 16.1 Å². The second-order valence-electron chi connectivity index (χ2n) is 5.99. The van der Waals surface area contributed by atoms with Crippen molar-refractivity contribution in [3.05, 3.63) is 59.2 Å². The van der Waals surface area contributed by atoms with E-state index in [1.54, 1.807) is 17.0 Å². The van der Waals surface area contributed by atoms with Gasteiger partial charge in [-0.2, -0.15) is 0 Å². The maximum Gasteiger partial charge on any atom is 0.338 e. The van der Waals surface area contributed by atoms with Gasteiger partial charge in [-0.15, -0.1) is 0 Å². The molecule has 0 fully saturated rings. The number of esters is 1. The number of benzene rings is 2. The highest BCUT2D eigenvalue weighted by molar-refractivity contribution is 5.92. The van der Waals surface area contributed by atoms with E-state index in [4.69, 9.17) is 14.2 Å². The number of ether oxygens (including phenoxy) is 3. The Morgan fingerprint density at radius 3 is 2.65 bits per heavy atom. The lowest BCUT2D eigenvalue weighted by Gasteiger charge is -2.21. The molecule has 0 spiro atoms. The zero-order chi connectivity index (χ0) is 18.5. The Labute approximate surface area is 152 Å². The van der Waals surface area contributed by atoms with E-state index in [0.717, 1.165) is 11.1 Å². The first kappa shape index (κ1) is 17.8. The zero-order valence-corrected chi connectivity index (χ0v) is 14.9. The summed E-state index contributed by atoms with van der Waals surface area (Å²) >= 11 is 0. The van der Waals surface area contributed by atoms with E-state index in [1.807, 2.05) is 44.2 Å². The maximum absolute atomic E-state index is 12.4. The minimum absolute atomic E-state index is 0.212. The molecule has 136 valence electrons. The molecule has 0 saturated heterocycles. The van der Waals surface area contributed by atoms with E-state index < -0.39 is 5.97 Å². The molecule has 6 nitrogen and oxygen atoms in total. The van der Waals surface area contributed by atoms with Crippen LogP contribution in [0.15, 0.2) is 42.5 Å². The minimum atomic E-state index is -0.490. The lowest BCUT2D eigenvalue weighted by atomic mass is 10.1. The van der Waals surface area contributed by atoms with Gasteiger partial charge in [0.05, 0.1) is 5.56 Å². The highest BCUT2D eigenvalue weighted by atomic mass is 16.7. The average molecular weight is 355 g/mol. The lowest BCUT2D eigenvalue weighted by Crippen LogP contribution is -2.34. The Hall–Kier alpha value is -3.02. The van der Waals surface area contributed by atoms with Crippen molar-refractivity contribution in [3.8, 4) is 11.5 Å². The van der Waals surface area contributed by atoms with Gasteiger partial charge in [-0.25, -0.2) is 4.79 Å². The third kappa shape index (κ3) is 3.96. The van der Waals surface area contributed by atoms with Crippen molar-refractivity contribution in [1.29, 1.82) is 0 Å². The molecule has 1 aliphatic rings. The normalized spacial score (nSPS) is 11.9. The Kier molecular flexibility index (Phi) is 5.41. The average Bonchev–Trinajstić information content (AvgIpc) is 3.12. The molecule has 0 aromatic heterocycles. The molecular weight excluding hydrogens is 334 g/mol. The molecule has 0 atom stereocenters. The van der Waals surface area contributed by atoms with Gasteiger partial charge in [0.2, 0.25) is 6.79 Å². The summed E-state index contributed by atoms with van der Waals surface area (Å²) in [6.07, 6.45) is 0. The van der Waals surface area contributed by atoms with Crippen LogP contribution in [0.2, 0.25) is 0 Å². The van der Waals surface area contributed by atoms with Crippen molar-refractivity contribution in [2.75, 3.05) is 19.9 Å². The van der Waals surface area contributed by atoms with Gasteiger partial charge in [-0.3, -0.25) is 4.79 Å². The Bertz CT molecular complexity index is 818. The van der Waals surface area contributed by atoms with Crippen molar-refractivity contribution < 1.29 is 23.8 Å². The quantitative estimate of drug-likeness (QED) is 0.746. The standard InChI is InChI=1S/C20H21NO5/c1-3-21(11-15-8-9-17-18(10-15)26-13-25-17)19(22)12-24-20(23)16-7-5-4-6-14(16)2/h4-10H,3,11-13H2,1-2H3. The maximum atomic E-state index is 12.4. The van der Waals surface area contributed by atoms with Gasteiger partial charge in [-0.05, 0) is 43.2 Å². The van der Waals surface area contributed by atoms with Crippen molar-refractivity contribution in [2.45, 2.75) is 20.4 Å². The summed E-state index contributed by atoms with van der Waals surface area (Å²) in [4.78, 5) is 26.2. The number of hydrogen-bond donors (Lipinski definition) is 0. The predicted octanol–water partition coefficient (Wildman–Crippen LogP) is 2.93. The van der Waals surface area contributed by atoms with E-state index in [2.05, 4.69) is 0 Å². The number of rotatable bonds is 6. The van der Waals surface area contributed by atoms with Crippen molar-refractivity contribution >= 4 is 11.9 Å². The van der Waals surface area contributed by atoms with Gasteiger partial charge < -0.3 is 19.1 Å². The molecule has 0 N–H and O–H groups in total. The van der Waals surface area contributed by atoms with Crippen LogP contribution in [0.3, 0.4) is 0 Å². The van der Waals surface area contributed by atoms with E-state index in [9.17, 15) is 9.59 Å². The van der Waals surface area contributed by atoms with E-state index in [-0.39, 0.29) is 19.3 Å². The zero-order valence-electron chi connectivity index (χ0n) is 14.9. The number of carbonyl (C=O) groups is 2. The number of amides is 1. The minimum Gasteiger partial charge on any atom is -0.454 e. The van der Waals surface area contributed by atoms with Gasteiger partial charge in [0, 0.05) is 13.1 Å². The molecule has 0 radical (unpaired) electrons. The Morgan fingerprint density at radius 1 is 1.12 bits per heavy atom. The van der Waals surface area contributed by atoms with Gasteiger partial charge in [0.1, 0.15) is 0 Å². The monoisotopic (exact) mass is 355 g/mol. The summed E-state index contributed by atoms with van der Waals surface area (Å²) in [5.41, 5.74) is 2.21. The van der Waals surface area contributed by atoms with Gasteiger partial charge >= 0.3 is 5.97 Å². The molecule has 2 aromatic carbocycles. The summed E-state index contributed by atoms with van der Waals surface area (Å²) in [6, 6.07) is 12.7. The van der Waals surface area contributed by atoms with Crippen LogP contribution in [0.25, 0.3) is 0 Å². The molecule has 1 amide bonds. The number of fused-ring (bicyclic) bond motifs is 1. The number of hydrogen-bond acceptors (Lipinski definition) is 5. The first-order valence-electron chi connectivity index (χ1n) is 8.47. The lowest BCUT2D eigenvalue weighted by molar-refractivity contribution is -0.134. The third-order valence-electron chi connectivity index (χ3n) is 4.24. The van der Waals surface area contributed by atoms with Crippen molar-refractivity contribution in [3.63, 3.8) is 0 Å². The van der Waals surface area contributed by atoms with Gasteiger partial charge in [0.25, 0.3) is 5.91 Å². The first-order valence-corrected chi connectivity index (χ1v) is 8.47. The first-order chi connectivity index (χ1) is 12.6. The van der Waals surface area contributed by atoms with E-state index in [1.165, 1.54) is 0 Å². The van der Waals surface area contributed by atoms with E-state index >= 15 is 0 Å². The highest BCUT2D eigenvalue weighted by Crippen LogP contribution is 2.32. The molecule has 26 heavy (non-hydrogen) atoms. The van der Waals surface area contributed by atoms with Gasteiger partial charge in [0.15, 0.2) is 18.1 Å².